The molecule has 0 amide bonds. The Hall–Kier alpha value is -1.79. The van der Waals surface area contributed by atoms with Crippen molar-refractivity contribution in [3.63, 3.8) is 0 Å². The first-order valence-electron chi connectivity index (χ1n) is 4.86. The zero-order chi connectivity index (χ0) is 12.3. The second-order valence-corrected chi connectivity index (χ2v) is 4.29. The van der Waals surface area contributed by atoms with E-state index in [1.54, 1.807) is 18.2 Å². The van der Waals surface area contributed by atoms with Gasteiger partial charge in [0.05, 0.1) is 19.3 Å². The minimum absolute atomic E-state index is 0.131. The van der Waals surface area contributed by atoms with Crippen molar-refractivity contribution in [2.24, 2.45) is 0 Å². The summed E-state index contributed by atoms with van der Waals surface area (Å²) in [6.07, 6.45) is 0. The van der Waals surface area contributed by atoms with E-state index in [1.807, 2.05) is 6.07 Å². The van der Waals surface area contributed by atoms with E-state index in [-0.39, 0.29) is 6.61 Å². The molecule has 5 nitrogen and oxygen atoms in total. The number of aliphatic hydroxyl groups is 1. The van der Waals surface area contributed by atoms with Crippen molar-refractivity contribution in [3.8, 4) is 10.6 Å². The first-order chi connectivity index (χ1) is 8.24. The molecule has 17 heavy (non-hydrogen) atoms. The molecule has 2 aromatic rings. The summed E-state index contributed by atoms with van der Waals surface area (Å²) < 4.78 is 4.64. The number of hydrogen-bond donors (Lipinski definition) is 1. The molecule has 1 N–H and O–H groups in total. The molecule has 0 fully saturated rings. The molecule has 0 saturated heterocycles. The molecule has 0 atom stereocenters. The quantitative estimate of drug-likeness (QED) is 0.835. The average Bonchev–Trinajstić information content (AvgIpc) is 2.86. The van der Waals surface area contributed by atoms with E-state index in [0.717, 1.165) is 5.56 Å². The molecule has 0 bridgehead atoms. The predicted octanol–water partition coefficient (Wildman–Crippen LogP) is 1.48. The Morgan fingerprint density at radius 2 is 2.29 bits per heavy atom. The molecule has 1 heterocycles. The number of hydrogen-bond acceptors (Lipinski definition) is 6. The van der Waals surface area contributed by atoms with E-state index in [4.69, 9.17) is 5.11 Å². The normalized spacial score (nSPS) is 10.2. The third-order valence-electron chi connectivity index (χ3n) is 2.13. The number of aromatic nitrogens is 2. The number of carbonyl (C=O) groups is 1. The Morgan fingerprint density at radius 3 is 2.94 bits per heavy atom. The van der Waals surface area contributed by atoms with Crippen LogP contribution >= 0.6 is 11.3 Å². The van der Waals surface area contributed by atoms with Gasteiger partial charge in [-0.1, -0.05) is 23.5 Å². The predicted molar refractivity (Wildman–Crippen MR) is 62.6 cm³/mol. The lowest BCUT2D eigenvalue weighted by Crippen LogP contribution is -2.00. The minimum Gasteiger partial charge on any atom is -0.465 e. The van der Waals surface area contributed by atoms with Gasteiger partial charge in [-0.15, -0.1) is 10.2 Å². The number of methoxy groups -OCH3 is 1. The highest BCUT2D eigenvalue weighted by Gasteiger charge is 2.10. The van der Waals surface area contributed by atoms with Crippen LogP contribution in [0, 0.1) is 0 Å². The van der Waals surface area contributed by atoms with Crippen LogP contribution in [0.1, 0.15) is 15.4 Å². The van der Waals surface area contributed by atoms with Gasteiger partial charge in [0.25, 0.3) is 0 Å². The molecule has 0 aliphatic carbocycles. The van der Waals surface area contributed by atoms with Gasteiger partial charge in [0.1, 0.15) is 10.0 Å². The van der Waals surface area contributed by atoms with Crippen molar-refractivity contribution in [2.75, 3.05) is 7.11 Å². The van der Waals surface area contributed by atoms with E-state index in [2.05, 4.69) is 14.9 Å². The topological polar surface area (TPSA) is 72.3 Å². The second-order valence-electron chi connectivity index (χ2n) is 3.23. The largest absolute Gasteiger partial charge is 0.465 e. The molecular formula is C11H10N2O3S. The van der Waals surface area contributed by atoms with E-state index in [0.29, 0.717) is 15.6 Å². The summed E-state index contributed by atoms with van der Waals surface area (Å²) in [4.78, 5) is 11.4. The van der Waals surface area contributed by atoms with Crippen LogP contribution in [-0.2, 0) is 11.3 Å². The highest BCUT2D eigenvalue weighted by molar-refractivity contribution is 7.14. The molecule has 0 saturated carbocycles. The Balaban J connectivity index is 2.35. The van der Waals surface area contributed by atoms with Gasteiger partial charge >= 0.3 is 5.97 Å². The maximum Gasteiger partial charge on any atom is 0.337 e. The van der Waals surface area contributed by atoms with Gasteiger partial charge in [-0.05, 0) is 12.1 Å². The smallest absolute Gasteiger partial charge is 0.337 e. The van der Waals surface area contributed by atoms with Crippen LogP contribution in [0.4, 0.5) is 0 Å². The monoisotopic (exact) mass is 250 g/mol. The third kappa shape index (κ3) is 2.48. The van der Waals surface area contributed by atoms with Gasteiger partial charge in [-0.3, -0.25) is 0 Å². The summed E-state index contributed by atoms with van der Waals surface area (Å²) in [5.41, 5.74) is 1.25. The van der Waals surface area contributed by atoms with Gasteiger partial charge in [-0.2, -0.15) is 0 Å². The summed E-state index contributed by atoms with van der Waals surface area (Å²) >= 11 is 1.29. The van der Waals surface area contributed by atoms with E-state index >= 15 is 0 Å². The number of nitrogens with zero attached hydrogens (tertiary/aromatic N) is 2. The van der Waals surface area contributed by atoms with Crippen LogP contribution < -0.4 is 0 Å². The van der Waals surface area contributed by atoms with E-state index in [1.165, 1.54) is 18.4 Å². The fraction of sp³-hybridized carbons (Fsp3) is 0.182. The molecule has 0 aliphatic rings. The Labute approximate surface area is 102 Å². The molecule has 6 heteroatoms. The first-order valence-corrected chi connectivity index (χ1v) is 5.68. The third-order valence-corrected chi connectivity index (χ3v) is 3.09. The fourth-order valence-corrected chi connectivity index (χ4v) is 2.03. The number of benzene rings is 1. The maximum absolute atomic E-state index is 11.4. The maximum atomic E-state index is 11.4. The van der Waals surface area contributed by atoms with Gasteiger partial charge in [-0.25, -0.2) is 4.79 Å². The van der Waals surface area contributed by atoms with Gasteiger partial charge in [0.2, 0.25) is 0 Å². The summed E-state index contributed by atoms with van der Waals surface area (Å²) in [5, 5.41) is 17.9. The van der Waals surface area contributed by atoms with Gasteiger partial charge in [0.15, 0.2) is 0 Å². The number of aliphatic hydroxyl groups excluding tert-OH is 1. The highest BCUT2D eigenvalue weighted by Crippen LogP contribution is 2.24. The van der Waals surface area contributed by atoms with Crippen LogP contribution in [0.15, 0.2) is 24.3 Å². The second kappa shape index (κ2) is 5.03. The lowest BCUT2D eigenvalue weighted by Gasteiger charge is -2.00. The number of esters is 1. The Bertz CT molecular complexity index is 539. The van der Waals surface area contributed by atoms with Crippen molar-refractivity contribution < 1.29 is 14.6 Å². The summed E-state index contributed by atoms with van der Waals surface area (Å²) in [6.45, 7) is -0.131. The number of rotatable bonds is 3. The van der Waals surface area contributed by atoms with Crippen molar-refractivity contribution >= 4 is 17.3 Å². The Morgan fingerprint density at radius 1 is 1.47 bits per heavy atom. The first kappa shape index (κ1) is 11.7. The number of carbonyl (C=O) groups excluding carboxylic acids is 1. The van der Waals surface area contributed by atoms with Gasteiger partial charge < -0.3 is 9.84 Å². The minimum atomic E-state index is -0.390. The van der Waals surface area contributed by atoms with Crippen LogP contribution in [0.2, 0.25) is 0 Å². The highest BCUT2D eigenvalue weighted by atomic mass is 32.1. The standard InChI is InChI=1S/C11H10N2O3S/c1-16-11(15)8-4-2-3-7(5-8)10-13-12-9(6-14)17-10/h2-5,14H,6H2,1H3. The van der Waals surface area contributed by atoms with Crippen molar-refractivity contribution in [1.29, 1.82) is 0 Å². The molecule has 2 rings (SSSR count). The lowest BCUT2D eigenvalue weighted by atomic mass is 10.1. The molecule has 1 aromatic heterocycles. The van der Waals surface area contributed by atoms with Crippen LogP contribution in [-0.4, -0.2) is 28.4 Å². The average molecular weight is 250 g/mol. The lowest BCUT2D eigenvalue weighted by molar-refractivity contribution is 0.0601. The van der Waals surface area contributed by atoms with E-state index in [9.17, 15) is 4.79 Å². The summed E-state index contributed by atoms with van der Waals surface area (Å²) in [7, 11) is 1.34. The van der Waals surface area contributed by atoms with Crippen molar-refractivity contribution in [3.05, 3.63) is 34.8 Å². The number of ether oxygens (including phenoxy) is 1. The summed E-state index contributed by atoms with van der Waals surface area (Å²) in [5.74, 6) is -0.390. The zero-order valence-electron chi connectivity index (χ0n) is 9.08. The van der Waals surface area contributed by atoms with Crippen LogP contribution in [0.5, 0.6) is 0 Å². The molecule has 0 aliphatic heterocycles. The molecule has 1 aromatic carbocycles. The molecule has 0 radical (unpaired) electrons. The molecule has 0 unspecified atom stereocenters. The van der Waals surface area contributed by atoms with Crippen LogP contribution in [0.3, 0.4) is 0 Å². The van der Waals surface area contributed by atoms with E-state index < -0.39 is 5.97 Å². The van der Waals surface area contributed by atoms with Crippen molar-refractivity contribution in [2.45, 2.75) is 6.61 Å². The SMILES string of the molecule is COC(=O)c1cccc(-c2nnc(CO)s2)c1. The van der Waals surface area contributed by atoms with Gasteiger partial charge in [0, 0.05) is 5.56 Å². The molecule has 0 spiro atoms. The van der Waals surface area contributed by atoms with Crippen LogP contribution in [0.25, 0.3) is 10.6 Å². The molecule has 88 valence electrons. The van der Waals surface area contributed by atoms with Crippen molar-refractivity contribution in [1.82, 2.24) is 10.2 Å². The zero-order valence-corrected chi connectivity index (χ0v) is 9.90. The summed E-state index contributed by atoms with van der Waals surface area (Å²) in [6, 6.07) is 6.94. The molecular weight excluding hydrogens is 240 g/mol. The Kier molecular flexibility index (Phi) is 3.46. The fourth-order valence-electron chi connectivity index (χ4n) is 1.33.